The fourth-order valence-electron chi connectivity index (χ4n) is 1.82. The van der Waals surface area contributed by atoms with Crippen LogP contribution in [0.1, 0.15) is 11.1 Å². The molecule has 0 aliphatic heterocycles. The molecule has 0 radical (unpaired) electrons. The van der Waals surface area contributed by atoms with Gasteiger partial charge in [-0.3, -0.25) is 0 Å². The Balaban J connectivity index is 1.93. The van der Waals surface area contributed by atoms with Crippen LogP contribution >= 0.6 is 22.6 Å². The molecule has 0 N–H and O–H groups in total. The van der Waals surface area contributed by atoms with E-state index in [1.165, 1.54) is 5.56 Å². The number of rotatable bonds is 5. The molecule has 2 aromatic carbocycles. The zero-order chi connectivity index (χ0) is 14.2. The Hall–Kier alpha value is -1.64. The monoisotopic (exact) mass is 375 g/mol. The van der Waals surface area contributed by atoms with Crippen LogP contribution in [0.4, 0.5) is 5.69 Å². The van der Waals surface area contributed by atoms with Crippen molar-refractivity contribution in [2.75, 3.05) is 6.61 Å². The fraction of sp³-hybridized carbons (Fsp3) is 0.118. The minimum atomic E-state index is 0.518. The van der Waals surface area contributed by atoms with E-state index in [9.17, 15) is 0 Å². The van der Waals surface area contributed by atoms with Crippen LogP contribution in [-0.2, 0) is 11.3 Å². The second-order valence-corrected chi connectivity index (χ2v) is 4.90. The van der Waals surface area contributed by atoms with Gasteiger partial charge in [0.2, 0.25) is 0 Å². The molecule has 0 fully saturated rings. The highest BCUT2D eigenvalue weighted by Gasteiger charge is 2.01. The van der Waals surface area contributed by atoms with E-state index in [4.69, 9.17) is 11.3 Å². The lowest BCUT2D eigenvalue weighted by Crippen LogP contribution is -1.98. The van der Waals surface area contributed by atoms with Crippen molar-refractivity contribution in [3.05, 3.63) is 81.2 Å². The summed E-state index contributed by atoms with van der Waals surface area (Å²) >= 11 is 2.24. The largest absolute Gasteiger partial charge is 0.372 e. The van der Waals surface area contributed by atoms with E-state index in [1.54, 1.807) is 6.07 Å². The first-order valence-corrected chi connectivity index (χ1v) is 7.47. The second-order valence-electron chi connectivity index (χ2n) is 4.27. The standard InChI is InChI=1S/C17H14INO/c1-19-17-9-5-6-14(10-17)12-20-13-16(11-18)15-7-3-2-4-8-15/h2-11H,12-13H2/b16-11+. The van der Waals surface area contributed by atoms with E-state index in [2.05, 4.69) is 39.6 Å². The molecular weight excluding hydrogens is 361 g/mol. The highest BCUT2D eigenvalue weighted by Crippen LogP contribution is 2.18. The van der Waals surface area contributed by atoms with E-state index in [0.717, 1.165) is 11.1 Å². The molecule has 20 heavy (non-hydrogen) atoms. The van der Waals surface area contributed by atoms with Crippen molar-refractivity contribution in [1.82, 2.24) is 0 Å². The van der Waals surface area contributed by atoms with E-state index in [1.807, 2.05) is 40.5 Å². The maximum Gasteiger partial charge on any atom is 0.187 e. The molecule has 0 aliphatic rings. The van der Waals surface area contributed by atoms with Crippen molar-refractivity contribution in [3.63, 3.8) is 0 Å². The third-order valence-electron chi connectivity index (χ3n) is 2.84. The van der Waals surface area contributed by atoms with E-state index >= 15 is 0 Å². The Morgan fingerprint density at radius 1 is 1.15 bits per heavy atom. The van der Waals surface area contributed by atoms with Crippen LogP contribution in [0.15, 0.2) is 58.7 Å². The molecule has 0 aromatic heterocycles. The molecule has 0 saturated carbocycles. The molecule has 0 aliphatic carbocycles. The van der Waals surface area contributed by atoms with Gasteiger partial charge in [0.25, 0.3) is 0 Å². The highest BCUT2D eigenvalue weighted by atomic mass is 127. The molecule has 0 bridgehead atoms. The molecule has 2 nitrogen and oxygen atoms in total. The van der Waals surface area contributed by atoms with Gasteiger partial charge in [0.1, 0.15) is 0 Å². The predicted octanol–water partition coefficient (Wildman–Crippen LogP) is 5.23. The molecule has 0 unspecified atom stereocenters. The number of benzene rings is 2. The highest BCUT2D eigenvalue weighted by molar-refractivity contribution is 14.1. The smallest absolute Gasteiger partial charge is 0.187 e. The zero-order valence-electron chi connectivity index (χ0n) is 10.9. The van der Waals surface area contributed by atoms with Gasteiger partial charge in [-0.05, 0) is 20.8 Å². The van der Waals surface area contributed by atoms with Crippen LogP contribution < -0.4 is 0 Å². The van der Waals surface area contributed by atoms with Crippen molar-refractivity contribution in [2.24, 2.45) is 0 Å². The van der Waals surface area contributed by atoms with Gasteiger partial charge in [-0.25, -0.2) is 4.85 Å². The molecule has 0 atom stereocenters. The van der Waals surface area contributed by atoms with Crippen LogP contribution in [0.5, 0.6) is 0 Å². The number of hydrogen-bond acceptors (Lipinski definition) is 1. The lowest BCUT2D eigenvalue weighted by atomic mass is 10.1. The van der Waals surface area contributed by atoms with Crippen molar-refractivity contribution >= 4 is 33.9 Å². The lowest BCUT2D eigenvalue weighted by molar-refractivity contribution is 0.153. The first kappa shape index (κ1) is 14.8. The van der Waals surface area contributed by atoms with Gasteiger partial charge in [-0.15, -0.1) is 0 Å². The summed E-state index contributed by atoms with van der Waals surface area (Å²) in [5.41, 5.74) is 4.02. The maximum absolute atomic E-state index is 7.00. The molecule has 0 saturated heterocycles. The lowest BCUT2D eigenvalue weighted by Gasteiger charge is -2.08. The summed E-state index contributed by atoms with van der Waals surface area (Å²) in [5.74, 6) is 0. The van der Waals surface area contributed by atoms with Gasteiger partial charge in [-0.2, -0.15) is 0 Å². The number of ether oxygens (including phenoxy) is 1. The summed E-state index contributed by atoms with van der Waals surface area (Å²) in [4.78, 5) is 3.42. The Labute approximate surface area is 133 Å². The summed E-state index contributed by atoms with van der Waals surface area (Å²) in [6.45, 7) is 8.08. The van der Waals surface area contributed by atoms with Gasteiger partial charge in [0.15, 0.2) is 5.69 Å². The number of nitrogens with zero attached hydrogens (tertiary/aromatic N) is 1. The normalized spacial score (nSPS) is 11.1. The molecule has 2 aromatic rings. The predicted molar refractivity (Wildman–Crippen MR) is 90.8 cm³/mol. The average molecular weight is 375 g/mol. The first-order valence-electron chi connectivity index (χ1n) is 6.22. The number of hydrogen-bond donors (Lipinski definition) is 0. The summed E-state index contributed by atoms with van der Waals surface area (Å²) in [7, 11) is 0. The topological polar surface area (TPSA) is 13.6 Å². The molecule has 3 heteroatoms. The Bertz CT molecular complexity index is 629. The first-order chi connectivity index (χ1) is 9.83. The van der Waals surface area contributed by atoms with E-state index in [-0.39, 0.29) is 0 Å². The molecule has 0 spiro atoms. The SMILES string of the molecule is [C-]#[N+]c1cccc(COC/C(=C\I)c2ccccc2)c1. The third-order valence-corrected chi connectivity index (χ3v) is 3.59. The minimum Gasteiger partial charge on any atom is -0.372 e. The molecule has 100 valence electrons. The average Bonchev–Trinajstić information content (AvgIpc) is 2.52. The van der Waals surface area contributed by atoms with Crippen LogP contribution in [0.2, 0.25) is 0 Å². The second kappa shape index (κ2) is 7.83. The van der Waals surface area contributed by atoms with Crippen molar-refractivity contribution in [2.45, 2.75) is 6.61 Å². The minimum absolute atomic E-state index is 0.518. The molecular formula is C17H14INO. The summed E-state index contributed by atoms with van der Waals surface area (Å²) in [5, 5.41) is 0. The summed E-state index contributed by atoms with van der Waals surface area (Å²) < 4.78 is 7.79. The Morgan fingerprint density at radius 2 is 1.95 bits per heavy atom. The van der Waals surface area contributed by atoms with Crippen LogP contribution in [-0.4, -0.2) is 6.61 Å². The zero-order valence-corrected chi connectivity index (χ0v) is 13.1. The van der Waals surface area contributed by atoms with Gasteiger partial charge in [0, 0.05) is 0 Å². The van der Waals surface area contributed by atoms with Gasteiger partial charge in [-0.1, -0.05) is 77.2 Å². The molecule has 0 heterocycles. The quantitative estimate of drug-likeness (QED) is 0.516. The van der Waals surface area contributed by atoms with Crippen molar-refractivity contribution < 1.29 is 4.74 Å². The third kappa shape index (κ3) is 4.19. The summed E-state index contributed by atoms with van der Waals surface area (Å²) in [6, 6.07) is 17.7. The van der Waals surface area contributed by atoms with Gasteiger partial charge in [0.05, 0.1) is 19.8 Å². The Kier molecular flexibility index (Phi) is 5.78. The molecule has 2 rings (SSSR count). The van der Waals surface area contributed by atoms with E-state index in [0.29, 0.717) is 18.9 Å². The van der Waals surface area contributed by atoms with Gasteiger partial charge >= 0.3 is 0 Å². The maximum atomic E-state index is 7.00. The van der Waals surface area contributed by atoms with Crippen LogP contribution in [0.25, 0.3) is 10.4 Å². The summed E-state index contributed by atoms with van der Waals surface area (Å²) in [6.07, 6.45) is 0. The van der Waals surface area contributed by atoms with Crippen molar-refractivity contribution in [3.8, 4) is 0 Å². The van der Waals surface area contributed by atoms with Gasteiger partial charge < -0.3 is 4.74 Å². The fourth-order valence-corrected chi connectivity index (χ4v) is 2.36. The van der Waals surface area contributed by atoms with Crippen LogP contribution in [0, 0.1) is 6.57 Å². The number of halogens is 1. The molecule has 0 amide bonds. The van der Waals surface area contributed by atoms with Crippen molar-refractivity contribution in [1.29, 1.82) is 0 Å². The Morgan fingerprint density at radius 3 is 2.65 bits per heavy atom. The van der Waals surface area contributed by atoms with E-state index < -0.39 is 0 Å². The van der Waals surface area contributed by atoms with Crippen LogP contribution in [0.3, 0.4) is 0 Å².